The van der Waals surface area contributed by atoms with Crippen LogP contribution in [0.15, 0.2) is 84.0 Å². The van der Waals surface area contributed by atoms with Gasteiger partial charge in [0.15, 0.2) is 6.61 Å². The molecule has 0 bridgehead atoms. The van der Waals surface area contributed by atoms with Crippen molar-refractivity contribution in [3.63, 3.8) is 0 Å². The second-order valence-electron chi connectivity index (χ2n) is 5.50. The Hall–Kier alpha value is -3.11. The average molecular weight is 365 g/mol. The van der Waals surface area contributed by atoms with Gasteiger partial charge in [0, 0.05) is 10.6 Å². The fourth-order valence-corrected chi connectivity index (χ4v) is 2.59. The molecule has 3 aromatic rings. The predicted molar refractivity (Wildman–Crippen MR) is 105 cm³/mol. The minimum absolute atomic E-state index is 0.128. The Morgan fingerprint density at radius 1 is 1.00 bits per heavy atom. The Bertz CT molecular complexity index is 911. The zero-order valence-corrected chi connectivity index (χ0v) is 14.7. The lowest BCUT2D eigenvalue weighted by atomic mass is 10.1. The first-order chi connectivity index (χ1) is 12.7. The molecule has 4 nitrogen and oxygen atoms in total. The van der Waals surface area contributed by atoms with E-state index in [0.29, 0.717) is 10.8 Å². The van der Waals surface area contributed by atoms with Gasteiger partial charge in [0.25, 0.3) is 5.91 Å². The van der Waals surface area contributed by atoms with Gasteiger partial charge in [0.05, 0.1) is 6.21 Å². The molecule has 5 heteroatoms. The third-order valence-electron chi connectivity index (χ3n) is 3.58. The molecule has 3 aromatic carbocycles. The largest absolute Gasteiger partial charge is 0.483 e. The van der Waals surface area contributed by atoms with Crippen molar-refractivity contribution in [3.8, 4) is 16.9 Å². The molecule has 3 rings (SSSR count). The van der Waals surface area contributed by atoms with Crippen LogP contribution in [0.5, 0.6) is 5.75 Å². The van der Waals surface area contributed by atoms with Gasteiger partial charge in [-0.2, -0.15) is 5.10 Å². The van der Waals surface area contributed by atoms with Crippen molar-refractivity contribution in [2.75, 3.05) is 6.61 Å². The van der Waals surface area contributed by atoms with Crippen molar-refractivity contribution in [2.24, 2.45) is 5.10 Å². The molecule has 0 aromatic heterocycles. The maximum atomic E-state index is 11.9. The highest BCUT2D eigenvalue weighted by Gasteiger charge is 2.07. The van der Waals surface area contributed by atoms with E-state index in [4.69, 9.17) is 16.3 Å². The number of para-hydroxylation sites is 1. The third-order valence-corrected chi connectivity index (χ3v) is 3.82. The molecule has 0 saturated carbocycles. The zero-order chi connectivity index (χ0) is 18.2. The van der Waals surface area contributed by atoms with Gasteiger partial charge in [-0.15, -0.1) is 0 Å². The fourth-order valence-electron chi connectivity index (χ4n) is 2.39. The van der Waals surface area contributed by atoms with Crippen molar-refractivity contribution >= 4 is 23.7 Å². The van der Waals surface area contributed by atoms with E-state index in [1.807, 2.05) is 66.7 Å². The van der Waals surface area contributed by atoms with E-state index < -0.39 is 0 Å². The van der Waals surface area contributed by atoms with Crippen LogP contribution in [0.2, 0.25) is 5.02 Å². The van der Waals surface area contributed by atoms with E-state index in [1.165, 1.54) is 6.21 Å². The normalized spacial score (nSPS) is 10.7. The molecule has 0 saturated heterocycles. The van der Waals surface area contributed by atoms with Gasteiger partial charge >= 0.3 is 0 Å². The molecule has 0 radical (unpaired) electrons. The van der Waals surface area contributed by atoms with Crippen LogP contribution in [-0.4, -0.2) is 18.7 Å². The van der Waals surface area contributed by atoms with Crippen LogP contribution in [0, 0.1) is 0 Å². The fraction of sp³-hybridized carbons (Fsp3) is 0.0476. The van der Waals surface area contributed by atoms with Crippen molar-refractivity contribution < 1.29 is 9.53 Å². The number of halogens is 1. The van der Waals surface area contributed by atoms with Crippen LogP contribution in [0.1, 0.15) is 5.56 Å². The number of carbonyl (C=O) groups excluding carboxylic acids is 1. The number of carbonyl (C=O) groups is 1. The number of nitrogens with one attached hydrogen (secondary N) is 1. The summed E-state index contributed by atoms with van der Waals surface area (Å²) in [7, 11) is 0. The second-order valence-corrected chi connectivity index (χ2v) is 5.94. The van der Waals surface area contributed by atoms with Crippen molar-refractivity contribution in [3.05, 3.63) is 89.4 Å². The van der Waals surface area contributed by atoms with Gasteiger partial charge < -0.3 is 4.74 Å². The number of rotatable bonds is 6. The molecule has 0 aliphatic carbocycles. The van der Waals surface area contributed by atoms with E-state index in [-0.39, 0.29) is 12.5 Å². The molecule has 0 spiro atoms. The quantitative estimate of drug-likeness (QED) is 0.516. The Labute approximate surface area is 157 Å². The summed E-state index contributed by atoms with van der Waals surface area (Å²) in [4.78, 5) is 11.9. The highest BCUT2D eigenvalue weighted by atomic mass is 35.5. The summed E-state index contributed by atoms with van der Waals surface area (Å²) in [6.07, 6.45) is 1.53. The third kappa shape index (κ3) is 4.94. The van der Waals surface area contributed by atoms with Crippen molar-refractivity contribution in [1.29, 1.82) is 0 Å². The van der Waals surface area contributed by atoms with Gasteiger partial charge in [-0.1, -0.05) is 72.3 Å². The SMILES string of the molecule is O=C(COc1ccccc1-c1ccccc1)NN=Cc1cccc(Cl)c1. The Kier molecular flexibility index (Phi) is 6.01. The van der Waals surface area contributed by atoms with Crippen LogP contribution in [0.25, 0.3) is 11.1 Å². The lowest BCUT2D eigenvalue weighted by Crippen LogP contribution is -2.24. The number of hydrogen-bond donors (Lipinski definition) is 1. The standard InChI is InChI=1S/C21H17ClN2O2/c22-18-10-6-7-16(13-18)14-23-24-21(25)15-26-20-12-5-4-11-19(20)17-8-2-1-3-9-17/h1-14H,15H2,(H,24,25). The topological polar surface area (TPSA) is 50.7 Å². The Morgan fingerprint density at radius 2 is 1.77 bits per heavy atom. The summed E-state index contributed by atoms with van der Waals surface area (Å²) < 4.78 is 5.67. The number of benzene rings is 3. The van der Waals surface area contributed by atoms with Gasteiger partial charge in [0.2, 0.25) is 0 Å². The highest BCUT2D eigenvalue weighted by Crippen LogP contribution is 2.29. The predicted octanol–water partition coefficient (Wildman–Crippen LogP) is 4.54. The molecule has 0 aliphatic heterocycles. The van der Waals surface area contributed by atoms with Crippen molar-refractivity contribution in [2.45, 2.75) is 0 Å². The van der Waals surface area contributed by atoms with Gasteiger partial charge in [-0.3, -0.25) is 4.79 Å². The summed E-state index contributed by atoms with van der Waals surface area (Å²) in [5, 5.41) is 4.52. The molecule has 1 N–H and O–H groups in total. The van der Waals surface area contributed by atoms with E-state index >= 15 is 0 Å². The minimum atomic E-state index is -0.342. The molecule has 0 heterocycles. The minimum Gasteiger partial charge on any atom is -0.483 e. The van der Waals surface area contributed by atoms with E-state index in [0.717, 1.165) is 16.7 Å². The average Bonchev–Trinajstić information content (AvgIpc) is 2.67. The molecule has 0 aliphatic rings. The summed E-state index contributed by atoms with van der Waals surface area (Å²) in [6, 6.07) is 24.7. The highest BCUT2D eigenvalue weighted by molar-refractivity contribution is 6.30. The Balaban J connectivity index is 1.58. The van der Waals surface area contributed by atoms with E-state index in [1.54, 1.807) is 12.1 Å². The zero-order valence-electron chi connectivity index (χ0n) is 13.9. The Morgan fingerprint density at radius 3 is 2.58 bits per heavy atom. The molecular weight excluding hydrogens is 348 g/mol. The number of hydrogen-bond acceptors (Lipinski definition) is 3. The van der Waals surface area contributed by atoms with Gasteiger partial charge in [0.1, 0.15) is 5.75 Å². The lowest BCUT2D eigenvalue weighted by molar-refractivity contribution is -0.123. The van der Waals surface area contributed by atoms with Gasteiger partial charge in [-0.05, 0) is 29.3 Å². The first kappa shape index (κ1) is 17.7. The lowest BCUT2D eigenvalue weighted by Gasteiger charge is -2.10. The summed E-state index contributed by atoms with van der Waals surface area (Å²) >= 11 is 5.90. The van der Waals surface area contributed by atoms with Crippen LogP contribution >= 0.6 is 11.6 Å². The van der Waals surface area contributed by atoms with Gasteiger partial charge in [-0.25, -0.2) is 5.43 Å². The molecule has 130 valence electrons. The number of amides is 1. The first-order valence-corrected chi connectivity index (χ1v) is 8.45. The number of ether oxygens (including phenoxy) is 1. The van der Waals surface area contributed by atoms with E-state index in [2.05, 4.69) is 10.5 Å². The number of nitrogens with zero attached hydrogens (tertiary/aromatic N) is 1. The van der Waals surface area contributed by atoms with Crippen LogP contribution < -0.4 is 10.2 Å². The molecular formula is C21H17ClN2O2. The second kappa shape index (κ2) is 8.83. The van der Waals surface area contributed by atoms with Crippen LogP contribution in [-0.2, 0) is 4.79 Å². The van der Waals surface area contributed by atoms with Crippen molar-refractivity contribution in [1.82, 2.24) is 5.43 Å². The van der Waals surface area contributed by atoms with E-state index in [9.17, 15) is 4.79 Å². The maximum absolute atomic E-state index is 11.9. The number of hydrazone groups is 1. The molecule has 0 fully saturated rings. The summed E-state index contributed by atoms with van der Waals surface area (Å²) in [6.45, 7) is -0.128. The van der Waals surface area contributed by atoms with Crippen LogP contribution in [0.4, 0.5) is 0 Å². The molecule has 0 atom stereocenters. The first-order valence-electron chi connectivity index (χ1n) is 8.07. The molecule has 26 heavy (non-hydrogen) atoms. The monoisotopic (exact) mass is 364 g/mol. The summed E-state index contributed by atoms with van der Waals surface area (Å²) in [5.74, 6) is 0.304. The maximum Gasteiger partial charge on any atom is 0.277 e. The summed E-state index contributed by atoms with van der Waals surface area (Å²) in [5.41, 5.74) is 5.21. The molecule has 0 unspecified atom stereocenters. The smallest absolute Gasteiger partial charge is 0.277 e. The molecule has 1 amide bonds. The van der Waals surface area contributed by atoms with Crippen LogP contribution in [0.3, 0.4) is 0 Å².